The lowest BCUT2D eigenvalue weighted by Gasteiger charge is -2.07. The average molecular weight is 218 g/mol. The molecule has 0 aromatic heterocycles. The summed E-state index contributed by atoms with van der Waals surface area (Å²) in [6, 6.07) is 6.95. The second-order valence-corrected chi connectivity index (χ2v) is 4.00. The fourth-order valence-corrected chi connectivity index (χ4v) is 1.99. The van der Waals surface area contributed by atoms with Crippen LogP contribution in [0.25, 0.3) is 5.70 Å². The van der Waals surface area contributed by atoms with E-state index in [0.29, 0.717) is 18.5 Å². The third-order valence-electron chi connectivity index (χ3n) is 2.88. The van der Waals surface area contributed by atoms with Crippen LogP contribution in [-0.4, -0.2) is 17.1 Å². The highest BCUT2D eigenvalue weighted by Gasteiger charge is 2.22. The van der Waals surface area contributed by atoms with Gasteiger partial charge >= 0.3 is 5.97 Å². The Morgan fingerprint density at radius 2 is 2.12 bits per heavy atom. The molecule has 1 atom stereocenters. The van der Waals surface area contributed by atoms with Gasteiger partial charge in [0.2, 0.25) is 0 Å². The van der Waals surface area contributed by atoms with Crippen molar-refractivity contribution in [2.75, 3.05) is 0 Å². The number of carboxylic acids is 1. The predicted octanol–water partition coefficient (Wildman–Crippen LogP) is 0.714. The summed E-state index contributed by atoms with van der Waals surface area (Å²) < 4.78 is 0. The van der Waals surface area contributed by atoms with Gasteiger partial charge in [0.15, 0.2) is 0 Å². The topological polar surface area (TPSA) is 89.3 Å². The Hall–Kier alpha value is -1.81. The highest BCUT2D eigenvalue weighted by atomic mass is 16.4. The molecule has 1 aliphatic carbocycles. The molecular weight excluding hydrogens is 204 g/mol. The van der Waals surface area contributed by atoms with Gasteiger partial charge in [0.05, 0.1) is 0 Å². The third kappa shape index (κ3) is 1.79. The summed E-state index contributed by atoms with van der Waals surface area (Å²) in [5, 5.41) is 8.76. The van der Waals surface area contributed by atoms with Crippen molar-refractivity contribution in [3.63, 3.8) is 0 Å². The minimum Gasteiger partial charge on any atom is -0.480 e. The van der Waals surface area contributed by atoms with E-state index in [0.717, 1.165) is 16.7 Å². The predicted molar refractivity (Wildman–Crippen MR) is 61.5 cm³/mol. The van der Waals surface area contributed by atoms with Crippen molar-refractivity contribution in [3.05, 3.63) is 41.0 Å². The van der Waals surface area contributed by atoms with Crippen LogP contribution in [0.15, 0.2) is 29.8 Å². The van der Waals surface area contributed by atoms with Crippen LogP contribution in [0.3, 0.4) is 0 Å². The van der Waals surface area contributed by atoms with Crippen molar-refractivity contribution in [3.8, 4) is 0 Å². The Balaban J connectivity index is 2.21. The number of hydrogen-bond acceptors (Lipinski definition) is 3. The van der Waals surface area contributed by atoms with Crippen LogP contribution in [0.1, 0.15) is 17.5 Å². The molecule has 0 saturated heterocycles. The highest BCUT2D eigenvalue weighted by molar-refractivity contribution is 5.77. The average Bonchev–Trinajstić information content (AvgIpc) is 2.56. The molecule has 1 aromatic carbocycles. The summed E-state index contributed by atoms with van der Waals surface area (Å²) in [7, 11) is 0. The number of carbonyl (C=O) groups is 1. The zero-order chi connectivity index (χ0) is 11.7. The molecule has 4 heteroatoms. The largest absolute Gasteiger partial charge is 0.480 e. The first-order valence-electron chi connectivity index (χ1n) is 5.13. The lowest BCUT2D eigenvalue weighted by atomic mass is 10.0. The van der Waals surface area contributed by atoms with Crippen LogP contribution in [0.5, 0.6) is 0 Å². The molecule has 0 bridgehead atoms. The molecule has 1 aromatic rings. The quantitative estimate of drug-likeness (QED) is 0.697. The van der Waals surface area contributed by atoms with Crippen LogP contribution in [-0.2, 0) is 11.2 Å². The summed E-state index contributed by atoms with van der Waals surface area (Å²) in [5.74, 6) is -0.990. The fourth-order valence-electron chi connectivity index (χ4n) is 1.99. The van der Waals surface area contributed by atoms with Crippen LogP contribution in [0.4, 0.5) is 0 Å². The Bertz CT molecular complexity index is 466. The summed E-state index contributed by atoms with van der Waals surface area (Å²) in [5.41, 5.74) is 15.2. The Morgan fingerprint density at radius 1 is 1.44 bits per heavy atom. The molecule has 5 N–H and O–H groups in total. The normalized spacial score (nSPS) is 16.1. The molecule has 4 nitrogen and oxygen atoms in total. The van der Waals surface area contributed by atoms with Gasteiger partial charge in [-0.25, -0.2) is 0 Å². The minimum absolute atomic E-state index is 0.315. The molecule has 0 spiro atoms. The standard InChI is InChI=1S/C12H14N2O2/c13-10(12(15)16)6-8-5-7-3-1-2-4-9(7)11(8)14/h1-4,10H,5-6,13-14H2,(H,15,16)/t10-/m0/s1. The van der Waals surface area contributed by atoms with E-state index in [2.05, 4.69) is 0 Å². The Kier molecular flexibility index (Phi) is 2.66. The van der Waals surface area contributed by atoms with E-state index >= 15 is 0 Å². The molecule has 0 unspecified atom stereocenters. The molecule has 0 radical (unpaired) electrons. The number of aliphatic carboxylic acids is 1. The van der Waals surface area contributed by atoms with Crippen molar-refractivity contribution in [2.24, 2.45) is 11.5 Å². The monoisotopic (exact) mass is 218 g/mol. The second-order valence-electron chi connectivity index (χ2n) is 4.00. The van der Waals surface area contributed by atoms with E-state index < -0.39 is 12.0 Å². The lowest BCUT2D eigenvalue weighted by Crippen LogP contribution is -2.30. The van der Waals surface area contributed by atoms with Gasteiger partial charge in [0.25, 0.3) is 0 Å². The molecular formula is C12H14N2O2. The highest BCUT2D eigenvalue weighted by Crippen LogP contribution is 2.31. The van der Waals surface area contributed by atoms with Gasteiger partial charge < -0.3 is 16.6 Å². The first kappa shape index (κ1) is 10.7. The van der Waals surface area contributed by atoms with E-state index in [4.69, 9.17) is 16.6 Å². The van der Waals surface area contributed by atoms with Crippen molar-refractivity contribution in [2.45, 2.75) is 18.9 Å². The number of fused-ring (bicyclic) bond motifs is 1. The summed E-state index contributed by atoms with van der Waals surface area (Å²) in [6.07, 6.45) is 1.03. The van der Waals surface area contributed by atoms with Gasteiger partial charge in [-0.2, -0.15) is 0 Å². The van der Waals surface area contributed by atoms with E-state index in [-0.39, 0.29) is 0 Å². The van der Waals surface area contributed by atoms with E-state index in [9.17, 15) is 4.79 Å². The molecule has 0 saturated carbocycles. The third-order valence-corrected chi connectivity index (χ3v) is 2.88. The number of carboxylic acid groups (broad SMARTS) is 1. The van der Waals surface area contributed by atoms with Crippen LogP contribution in [0, 0.1) is 0 Å². The molecule has 0 fully saturated rings. The summed E-state index contributed by atoms with van der Waals surface area (Å²) in [4.78, 5) is 10.7. The van der Waals surface area contributed by atoms with Crippen molar-refractivity contribution in [1.82, 2.24) is 0 Å². The van der Waals surface area contributed by atoms with Crippen LogP contribution >= 0.6 is 0 Å². The molecule has 1 aliphatic rings. The molecule has 2 rings (SSSR count). The van der Waals surface area contributed by atoms with Crippen LogP contribution < -0.4 is 11.5 Å². The second kappa shape index (κ2) is 3.98. The fraction of sp³-hybridized carbons (Fsp3) is 0.250. The Labute approximate surface area is 93.6 Å². The number of nitrogens with two attached hydrogens (primary N) is 2. The summed E-state index contributed by atoms with van der Waals surface area (Å²) in [6.45, 7) is 0. The van der Waals surface area contributed by atoms with E-state index in [1.165, 1.54) is 0 Å². The molecule has 16 heavy (non-hydrogen) atoms. The zero-order valence-corrected chi connectivity index (χ0v) is 8.81. The smallest absolute Gasteiger partial charge is 0.320 e. The summed E-state index contributed by atoms with van der Waals surface area (Å²) >= 11 is 0. The van der Waals surface area contributed by atoms with Gasteiger partial charge in [-0.3, -0.25) is 4.79 Å². The van der Waals surface area contributed by atoms with E-state index in [1.807, 2.05) is 24.3 Å². The van der Waals surface area contributed by atoms with E-state index in [1.54, 1.807) is 0 Å². The van der Waals surface area contributed by atoms with Gasteiger partial charge in [-0.1, -0.05) is 24.3 Å². The SMILES string of the molecule is NC1=C(C[C@H](N)C(=O)O)Cc2ccccc21. The number of rotatable bonds is 3. The van der Waals surface area contributed by atoms with Crippen molar-refractivity contribution < 1.29 is 9.90 Å². The van der Waals surface area contributed by atoms with Crippen molar-refractivity contribution >= 4 is 11.7 Å². The van der Waals surface area contributed by atoms with Gasteiger partial charge in [0, 0.05) is 11.3 Å². The lowest BCUT2D eigenvalue weighted by molar-refractivity contribution is -0.138. The first-order valence-corrected chi connectivity index (χ1v) is 5.13. The molecule has 0 heterocycles. The number of benzene rings is 1. The molecule has 84 valence electrons. The first-order chi connectivity index (χ1) is 7.59. The molecule has 0 amide bonds. The zero-order valence-electron chi connectivity index (χ0n) is 8.81. The van der Waals surface area contributed by atoms with Gasteiger partial charge in [-0.05, 0) is 24.0 Å². The maximum Gasteiger partial charge on any atom is 0.320 e. The van der Waals surface area contributed by atoms with Crippen LogP contribution in [0.2, 0.25) is 0 Å². The maximum absolute atomic E-state index is 10.7. The maximum atomic E-state index is 10.7. The van der Waals surface area contributed by atoms with Gasteiger partial charge in [0.1, 0.15) is 6.04 Å². The number of hydrogen-bond donors (Lipinski definition) is 3. The Morgan fingerprint density at radius 3 is 2.75 bits per heavy atom. The van der Waals surface area contributed by atoms with Crippen molar-refractivity contribution in [1.29, 1.82) is 0 Å². The minimum atomic E-state index is -0.990. The van der Waals surface area contributed by atoms with Gasteiger partial charge in [-0.15, -0.1) is 0 Å². The molecule has 0 aliphatic heterocycles.